The molecule has 6 aromatic rings. The Kier molecular flexibility index (Phi) is 10.5. The summed E-state index contributed by atoms with van der Waals surface area (Å²) in [6.07, 6.45) is 4.30. The second kappa shape index (κ2) is 15.5. The number of aliphatic hydroxyl groups excluding tert-OH is 1. The topological polar surface area (TPSA) is 95.7 Å². The van der Waals surface area contributed by atoms with E-state index >= 15 is 0 Å². The average Bonchev–Trinajstić information content (AvgIpc) is 3.49. The van der Waals surface area contributed by atoms with Gasteiger partial charge in [0.1, 0.15) is 30.0 Å². The van der Waals surface area contributed by atoms with Crippen molar-refractivity contribution in [1.82, 2.24) is 14.9 Å². The van der Waals surface area contributed by atoms with E-state index in [9.17, 15) is 9.50 Å². The van der Waals surface area contributed by atoms with Crippen LogP contribution in [0.25, 0.3) is 33.6 Å². The highest BCUT2D eigenvalue weighted by atomic mass is 19.1. The van der Waals surface area contributed by atoms with Gasteiger partial charge in [0.15, 0.2) is 0 Å². The molecule has 2 aromatic heterocycles. The number of fused-ring (bicyclic) bond motifs is 1. The second-order valence-corrected chi connectivity index (χ2v) is 11.7. The van der Waals surface area contributed by atoms with Crippen LogP contribution in [0.5, 0.6) is 0 Å². The molecule has 2 atom stereocenters. The number of aromatic nitrogens is 2. The van der Waals surface area contributed by atoms with E-state index in [0.717, 1.165) is 45.4 Å². The average molecular weight is 644 g/mol. The molecule has 0 fully saturated rings. The molecule has 9 heteroatoms. The number of likely N-dealkylation sites (N-methyl/N-ethyl adjacent to an activating group) is 1. The Hall–Kier alpha value is -5.35. The lowest BCUT2D eigenvalue weighted by atomic mass is 9.98. The summed E-state index contributed by atoms with van der Waals surface area (Å²) in [5.41, 5.74) is 5.60. The first-order valence-corrected chi connectivity index (χ1v) is 15.8. The van der Waals surface area contributed by atoms with Crippen LogP contribution >= 0.6 is 0 Å². The summed E-state index contributed by atoms with van der Waals surface area (Å²) in [5, 5.41) is 17.9. The van der Waals surface area contributed by atoms with Gasteiger partial charge in [-0.2, -0.15) is 0 Å². The first-order valence-electron chi connectivity index (χ1n) is 15.8. The number of ether oxygens (including phenoxy) is 1. The molecule has 0 spiro atoms. The minimum absolute atomic E-state index is 0.262. The van der Waals surface area contributed by atoms with Crippen molar-refractivity contribution in [3.63, 3.8) is 0 Å². The third kappa shape index (κ3) is 8.13. The summed E-state index contributed by atoms with van der Waals surface area (Å²) in [6.45, 7) is 1.30. The van der Waals surface area contributed by atoms with E-state index in [1.807, 2.05) is 116 Å². The maximum Gasteiger partial charge on any atom is 0.232 e. The molecule has 3 N–H and O–H groups in total. The van der Waals surface area contributed by atoms with Crippen LogP contribution in [0.3, 0.4) is 0 Å². The number of rotatable bonds is 14. The molecule has 0 saturated carbocycles. The van der Waals surface area contributed by atoms with Crippen LogP contribution in [0.15, 0.2) is 132 Å². The van der Waals surface area contributed by atoms with Crippen molar-refractivity contribution < 1.29 is 18.7 Å². The van der Waals surface area contributed by atoms with Crippen molar-refractivity contribution in [3.05, 3.63) is 145 Å². The first-order chi connectivity index (χ1) is 23.4. The summed E-state index contributed by atoms with van der Waals surface area (Å²) in [5.74, 6) is 0.962. The van der Waals surface area contributed by atoms with Crippen molar-refractivity contribution in [2.75, 3.05) is 37.9 Å². The van der Waals surface area contributed by atoms with E-state index in [4.69, 9.17) is 14.1 Å². The van der Waals surface area contributed by atoms with Crippen molar-refractivity contribution in [1.29, 1.82) is 0 Å². The van der Waals surface area contributed by atoms with Crippen molar-refractivity contribution >= 4 is 22.6 Å². The minimum Gasteiger partial charge on any atom is -0.437 e. The van der Waals surface area contributed by atoms with Gasteiger partial charge in [-0.15, -0.1) is 0 Å². The highest BCUT2D eigenvalue weighted by molar-refractivity contribution is 6.06. The Morgan fingerprint density at radius 3 is 2.35 bits per heavy atom. The Labute approximate surface area is 279 Å². The van der Waals surface area contributed by atoms with Gasteiger partial charge in [-0.05, 0) is 61.1 Å². The van der Waals surface area contributed by atoms with Crippen LogP contribution in [0.4, 0.5) is 15.9 Å². The van der Waals surface area contributed by atoms with Gasteiger partial charge in [-0.25, -0.2) is 14.4 Å². The summed E-state index contributed by atoms with van der Waals surface area (Å²) in [7, 11) is 3.95. The zero-order valence-electron chi connectivity index (χ0n) is 26.9. The molecular weight excluding hydrogens is 605 g/mol. The third-order valence-corrected chi connectivity index (χ3v) is 7.76. The zero-order chi connectivity index (χ0) is 33.3. The van der Waals surface area contributed by atoms with Gasteiger partial charge in [0, 0.05) is 23.4 Å². The number of benzene rings is 4. The Morgan fingerprint density at radius 1 is 0.875 bits per heavy atom. The van der Waals surface area contributed by atoms with Crippen LogP contribution < -0.4 is 10.6 Å². The Morgan fingerprint density at radius 2 is 1.62 bits per heavy atom. The minimum atomic E-state index is -0.826. The van der Waals surface area contributed by atoms with Gasteiger partial charge in [-0.3, -0.25) is 0 Å². The summed E-state index contributed by atoms with van der Waals surface area (Å²) >= 11 is 0. The fourth-order valence-corrected chi connectivity index (χ4v) is 5.46. The molecule has 0 aliphatic rings. The largest absolute Gasteiger partial charge is 0.437 e. The van der Waals surface area contributed by atoms with E-state index in [2.05, 4.69) is 15.6 Å². The quantitative estimate of drug-likeness (QED) is 0.0814. The molecule has 6 rings (SSSR count). The number of furan rings is 1. The van der Waals surface area contributed by atoms with E-state index in [1.54, 1.807) is 12.1 Å². The van der Waals surface area contributed by atoms with Crippen molar-refractivity contribution in [2.45, 2.75) is 18.9 Å². The lowest BCUT2D eigenvalue weighted by molar-refractivity contribution is 0.112. The molecule has 4 aromatic carbocycles. The normalized spacial score (nSPS) is 12.9. The predicted molar refractivity (Wildman–Crippen MR) is 189 cm³/mol. The van der Waals surface area contributed by atoms with Crippen LogP contribution in [-0.2, 0) is 11.3 Å². The summed E-state index contributed by atoms with van der Waals surface area (Å²) in [4.78, 5) is 11.2. The van der Waals surface area contributed by atoms with Gasteiger partial charge >= 0.3 is 0 Å². The number of hydrogen-bond donors (Lipinski definition) is 3. The maximum atomic E-state index is 13.8. The molecule has 0 aliphatic carbocycles. The zero-order valence-corrected chi connectivity index (χ0v) is 26.9. The molecule has 0 bridgehead atoms. The van der Waals surface area contributed by atoms with Crippen LogP contribution in [0.1, 0.15) is 17.2 Å². The van der Waals surface area contributed by atoms with Gasteiger partial charge in [0.05, 0.1) is 24.6 Å². The number of halogens is 1. The van der Waals surface area contributed by atoms with E-state index in [-0.39, 0.29) is 18.5 Å². The number of nitrogens with zero attached hydrogens (tertiary/aromatic N) is 3. The summed E-state index contributed by atoms with van der Waals surface area (Å²) < 4.78 is 26.4. The lowest BCUT2D eigenvalue weighted by Gasteiger charge is -2.21. The molecule has 0 amide bonds. The van der Waals surface area contributed by atoms with Crippen LogP contribution in [0, 0.1) is 5.82 Å². The van der Waals surface area contributed by atoms with Gasteiger partial charge in [0.2, 0.25) is 5.71 Å². The Bertz CT molecular complexity index is 1950. The molecule has 8 nitrogen and oxygen atoms in total. The molecule has 244 valence electrons. The number of aliphatic hydroxyl groups is 1. The van der Waals surface area contributed by atoms with Gasteiger partial charge < -0.3 is 29.8 Å². The maximum absolute atomic E-state index is 13.8. The predicted octanol–water partition coefficient (Wildman–Crippen LogP) is 7.91. The molecule has 1 unspecified atom stereocenters. The lowest BCUT2D eigenvalue weighted by Crippen LogP contribution is -2.18. The van der Waals surface area contributed by atoms with E-state index in [1.165, 1.54) is 18.5 Å². The number of nitrogens with one attached hydrogen (secondary N) is 2. The van der Waals surface area contributed by atoms with E-state index in [0.29, 0.717) is 23.9 Å². The first kappa shape index (κ1) is 32.6. The third-order valence-electron chi connectivity index (χ3n) is 7.76. The Balaban J connectivity index is 1.35. The van der Waals surface area contributed by atoms with Crippen LogP contribution in [-0.4, -0.2) is 53.4 Å². The molecule has 48 heavy (non-hydrogen) atoms. The van der Waals surface area contributed by atoms with E-state index < -0.39 is 6.23 Å². The second-order valence-electron chi connectivity index (χ2n) is 11.7. The number of hydrogen-bond acceptors (Lipinski definition) is 8. The SMILES string of the molecule is CN(C)C/C=C/C(O)Nc1ccc(-c2c(-c3ccccc3)oc3ncnc(N[C@H](COCc4cccc(F)c4)c4ccccc4)c23)cc1. The van der Waals surface area contributed by atoms with Crippen LogP contribution in [0.2, 0.25) is 0 Å². The van der Waals surface area contributed by atoms with Gasteiger partial charge in [0.25, 0.3) is 0 Å². The molecular formula is C39H38FN5O3. The summed E-state index contributed by atoms with van der Waals surface area (Å²) in [6, 6.07) is 33.9. The molecule has 2 heterocycles. The number of anilines is 2. The standard InChI is InChI=1S/C39H38FN5O3/c1-45(2)22-10-17-34(46)43-32-20-18-29(19-21-32)35-36-38(41-26-42-39(36)48-37(35)30-14-7-4-8-15-30)44-33(28-12-5-3-6-13-28)25-47-24-27-11-9-16-31(40)23-27/h3-21,23,26,33-34,43,46H,22,24-25H2,1-2H3,(H,41,42,44)/b17-10+/t33-,34?/m1/s1. The molecule has 0 saturated heterocycles. The smallest absolute Gasteiger partial charge is 0.232 e. The highest BCUT2D eigenvalue weighted by Crippen LogP contribution is 2.43. The fraction of sp³-hybridized carbons (Fsp3) is 0.179. The van der Waals surface area contributed by atoms with Crippen molar-refractivity contribution in [3.8, 4) is 22.5 Å². The van der Waals surface area contributed by atoms with Gasteiger partial charge in [-0.1, -0.05) is 91.0 Å². The van der Waals surface area contributed by atoms with Crippen molar-refractivity contribution in [2.24, 2.45) is 0 Å². The molecule has 0 aliphatic heterocycles. The fourth-order valence-electron chi connectivity index (χ4n) is 5.46. The molecule has 0 radical (unpaired) electrons. The highest BCUT2D eigenvalue weighted by Gasteiger charge is 2.24. The monoisotopic (exact) mass is 643 g/mol.